The fraction of sp³-hybridized carbons (Fsp3) is 0.222. The highest BCUT2D eigenvalue weighted by Crippen LogP contribution is 2.32. The number of nitrogens with one attached hydrogen (secondary N) is 2. The summed E-state index contributed by atoms with van der Waals surface area (Å²) >= 11 is 3.59. The number of anilines is 2. The van der Waals surface area contributed by atoms with Gasteiger partial charge >= 0.3 is 0 Å². The quantitative estimate of drug-likeness (QED) is 0.290. The van der Waals surface area contributed by atoms with Crippen LogP contribution in [0.3, 0.4) is 0 Å². The Bertz CT molecular complexity index is 1460. The molecule has 2 aromatic heterocycles. The van der Waals surface area contributed by atoms with Crippen LogP contribution in [-0.2, 0) is 4.79 Å². The Labute approximate surface area is 221 Å². The SMILES string of the molecule is O=C(NCCCN1CCCC1=O)c1ccc2c(-c3ccccc3Br)nc(Nc3ccc(F)cc3)nc2n1. The van der Waals surface area contributed by atoms with Gasteiger partial charge in [0, 0.05) is 47.2 Å². The molecule has 0 bridgehead atoms. The molecule has 1 aliphatic rings. The lowest BCUT2D eigenvalue weighted by atomic mass is 10.1. The molecule has 1 aliphatic heterocycles. The Kier molecular flexibility index (Phi) is 7.36. The highest BCUT2D eigenvalue weighted by Gasteiger charge is 2.20. The first-order chi connectivity index (χ1) is 18.0. The lowest BCUT2D eigenvalue weighted by Crippen LogP contribution is -2.31. The zero-order valence-corrected chi connectivity index (χ0v) is 21.5. The Morgan fingerprint density at radius 3 is 2.59 bits per heavy atom. The number of hydrogen-bond acceptors (Lipinski definition) is 6. The second kappa shape index (κ2) is 11.0. The fourth-order valence-corrected chi connectivity index (χ4v) is 4.69. The average Bonchev–Trinajstić information content (AvgIpc) is 3.31. The van der Waals surface area contributed by atoms with Gasteiger partial charge in [-0.3, -0.25) is 9.59 Å². The number of rotatable bonds is 8. The first-order valence-electron chi connectivity index (χ1n) is 12.0. The standard InChI is InChI=1S/C27H24BrFN6O2/c28-21-6-2-1-5-19(21)24-20-12-13-22(26(37)30-14-4-16-35-15-3-7-23(35)36)32-25(20)34-27(33-24)31-18-10-8-17(29)9-11-18/h1-2,5-6,8-13H,3-4,7,14-16H2,(H,30,37)(H,31,32,33,34). The first kappa shape index (κ1) is 24.8. The second-order valence-electron chi connectivity index (χ2n) is 8.67. The molecule has 2 N–H and O–H groups in total. The molecule has 1 saturated heterocycles. The zero-order chi connectivity index (χ0) is 25.8. The lowest BCUT2D eigenvalue weighted by Gasteiger charge is -2.15. The third-order valence-electron chi connectivity index (χ3n) is 6.08. The monoisotopic (exact) mass is 562 g/mol. The van der Waals surface area contributed by atoms with Gasteiger partial charge in [0.15, 0.2) is 5.65 Å². The van der Waals surface area contributed by atoms with Gasteiger partial charge < -0.3 is 15.5 Å². The van der Waals surface area contributed by atoms with Crippen molar-refractivity contribution in [3.05, 3.63) is 76.6 Å². The van der Waals surface area contributed by atoms with E-state index in [4.69, 9.17) is 4.98 Å². The molecule has 8 nitrogen and oxygen atoms in total. The van der Waals surface area contributed by atoms with Gasteiger partial charge in [-0.15, -0.1) is 0 Å². The van der Waals surface area contributed by atoms with Crippen molar-refractivity contribution in [2.24, 2.45) is 0 Å². The smallest absolute Gasteiger partial charge is 0.269 e. The van der Waals surface area contributed by atoms with E-state index in [1.807, 2.05) is 29.2 Å². The van der Waals surface area contributed by atoms with Crippen LogP contribution in [0.15, 0.2) is 65.1 Å². The molecule has 0 atom stereocenters. The summed E-state index contributed by atoms with van der Waals surface area (Å²) in [6.07, 6.45) is 2.17. The van der Waals surface area contributed by atoms with E-state index in [1.165, 1.54) is 12.1 Å². The number of amides is 2. The number of pyridine rings is 1. The molecular formula is C27H24BrFN6O2. The molecule has 0 unspecified atom stereocenters. The highest BCUT2D eigenvalue weighted by atomic mass is 79.9. The van der Waals surface area contributed by atoms with Crippen LogP contribution < -0.4 is 10.6 Å². The Balaban J connectivity index is 1.41. The summed E-state index contributed by atoms with van der Waals surface area (Å²) < 4.78 is 14.2. The highest BCUT2D eigenvalue weighted by molar-refractivity contribution is 9.10. The number of likely N-dealkylation sites (tertiary alicyclic amines) is 1. The minimum absolute atomic E-state index is 0.174. The van der Waals surface area contributed by atoms with E-state index in [0.29, 0.717) is 48.3 Å². The molecule has 4 aromatic rings. The predicted molar refractivity (Wildman–Crippen MR) is 143 cm³/mol. The van der Waals surface area contributed by atoms with Gasteiger partial charge in [0.05, 0.1) is 5.69 Å². The molecule has 2 amide bonds. The number of hydrogen-bond donors (Lipinski definition) is 2. The van der Waals surface area contributed by atoms with Crippen molar-refractivity contribution in [2.75, 3.05) is 25.0 Å². The van der Waals surface area contributed by atoms with Gasteiger partial charge in [-0.1, -0.05) is 34.1 Å². The van der Waals surface area contributed by atoms with Crippen molar-refractivity contribution in [3.63, 3.8) is 0 Å². The van der Waals surface area contributed by atoms with Gasteiger partial charge in [0.25, 0.3) is 5.91 Å². The summed E-state index contributed by atoms with van der Waals surface area (Å²) in [4.78, 5) is 40.2. The van der Waals surface area contributed by atoms with Gasteiger partial charge in [0.2, 0.25) is 11.9 Å². The Morgan fingerprint density at radius 1 is 1.03 bits per heavy atom. The molecule has 0 aliphatic carbocycles. The normalized spacial score (nSPS) is 13.2. The van der Waals surface area contributed by atoms with Crippen LogP contribution in [0.1, 0.15) is 29.8 Å². The van der Waals surface area contributed by atoms with Crippen molar-refractivity contribution in [1.82, 2.24) is 25.2 Å². The van der Waals surface area contributed by atoms with Crippen LogP contribution in [0.2, 0.25) is 0 Å². The van der Waals surface area contributed by atoms with E-state index in [-0.39, 0.29) is 29.3 Å². The topological polar surface area (TPSA) is 100 Å². The molecule has 0 spiro atoms. The molecule has 37 heavy (non-hydrogen) atoms. The van der Waals surface area contributed by atoms with E-state index < -0.39 is 0 Å². The Hall–Kier alpha value is -3.92. The molecule has 10 heteroatoms. The zero-order valence-electron chi connectivity index (χ0n) is 19.9. The molecular weight excluding hydrogens is 539 g/mol. The third-order valence-corrected chi connectivity index (χ3v) is 6.77. The van der Waals surface area contributed by atoms with Gasteiger partial charge in [-0.2, -0.15) is 4.98 Å². The van der Waals surface area contributed by atoms with Crippen LogP contribution in [0.5, 0.6) is 0 Å². The molecule has 1 fully saturated rings. The number of halogens is 2. The maximum Gasteiger partial charge on any atom is 0.269 e. The average molecular weight is 563 g/mol. The fourth-order valence-electron chi connectivity index (χ4n) is 4.22. The summed E-state index contributed by atoms with van der Waals surface area (Å²) in [5.74, 6) is -0.217. The summed E-state index contributed by atoms with van der Waals surface area (Å²) in [5, 5.41) is 6.65. The minimum atomic E-state index is -0.344. The summed E-state index contributed by atoms with van der Waals surface area (Å²) in [6.45, 7) is 1.85. The lowest BCUT2D eigenvalue weighted by molar-refractivity contribution is -0.127. The van der Waals surface area contributed by atoms with Crippen molar-refractivity contribution in [1.29, 1.82) is 0 Å². The van der Waals surface area contributed by atoms with Crippen LogP contribution in [-0.4, -0.2) is 51.3 Å². The summed E-state index contributed by atoms with van der Waals surface area (Å²) in [5.41, 5.74) is 2.67. The van der Waals surface area contributed by atoms with E-state index in [1.54, 1.807) is 24.3 Å². The number of nitrogens with zero attached hydrogens (tertiary/aromatic N) is 4. The minimum Gasteiger partial charge on any atom is -0.351 e. The molecule has 0 saturated carbocycles. The van der Waals surface area contributed by atoms with Crippen LogP contribution in [0.4, 0.5) is 16.0 Å². The number of carbonyl (C=O) groups excluding carboxylic acids is 2. The van der Waals surface area contributed by atoms with Gasteiger partial charge in [-0.05, 0) is 55.3 Å². The van der Waals surface area contributed by atoms with E-state index in [9.17, 15) is 14.0 Å². The van der Waals surface area contributed by atoms with Crippen molar-refractivity contribution in [2.45, 2.75) is 19.3 Å². The molecule has 0 radical (unpaired) electrons. The summed E-state index contributed by atoms with van der Waals surface area (Å²) in [7, 11) is 0. The summed E-state index contributed by atoms with van der Waals surface area (Å²) in [6, 6.07) is 17.0. The van der Waals surface area contributed by atoms with Crippen LogP contribution >= 0.6 is 15.9 Å². The largest absolute Gasteiger partial charge is 0.351 e. The van der Waals surface area contributed by atoms with Crippen molar-refractivity contribution >= 4 is 50.4 Å². The van der Waals surface area contributed by atoms with E-state index in [2.05, 4.69) is 36.5 Å². The van der Waals surface area contributed by atoms with Gasteiger partial charge in [0.1, 0.15) is 11.5 Å². The van der Waals surface area contributed by atoms with E-state index in [0.717, 1.165) is 23.0 Å². The van der Waals surface area contributed by atoms with Crippen molar-refractivity contribution < 1.29 is 14.0 Å². The molecule has 2 aromatic carbocycles. The molecule has 3 heterocycles. The number of benzene rings is 2. The maximum atomic E-state index is 13.4. The van der Waals surface area contributed by atoms with Crippen LogP contribution in [0.25, 0.3) is 22.3 Å². The Morgan fingerprint density at radius 2 is 1.84 bits per heavy atom. The number of aromatic nitrogens is 3. The molecule has 188 valence electrons. The third kappa shape index (κ3) is 5.75. The predicted octanol–water partition coefficient (Wildman–Crippen LogP) is 5.08. The van der Waals surface area contributed by atoms with Crippen molar-refractivity contribution in [3.8, 4) is 11.3 Å². The van der Waals surface area contributed by atoms with Crippen LogP contribution in [0, 0.1) is 5.82 Å². The van der Waals surface area contributed by atoms with Gasteiger partial charge in [-0.25, -0.2) is 14.4 Å². The first-order valence-corrected chi connectivity index (χ1v) is 12.8. The maximum absolute atomic E-state index is 13.4. The van der Waals surface area contributed by atoms with E-state index >= 15 is 0 Å². The number of carbonyl (C=O) groups is 2. The molecule has 5 rings (SSSR count). The second-order valence-corrected chi connectivity index (χ2v) is 9.52. The number of fused-ring (bicyclic) bond motifs is 1.